The van der Waals surface area contributed by atoms with Crippen molar-refractivity contribution in [3.05, 3.63) is 58.5 Å². The maximum absolute atomic E-state index is 14.6. The van der Waals surface area contributed by atoms with E-state index in [1.54, 1.807) is 19.9 Å². The van der Waals surface area contributed by atoms with Gasteiger partial charge < -0.3 is 10.0 Å². The number of hydrogen-bond acceptors (Lipinski definition) is 3. The summed E-state index contributed by atoms with van der Waals surface area (Å²) in [6.07, 6.45) is 6.39. The van der Waals surface area contributed by atoms with E-state index in [4.69, 9.17) is 5.11 Å². The normalized spacial score (nSPS) is 15.8. The Morgan fingerprint density at radius 3 is 2.56 bits per heavy atom. The maximum atomic E-state index is 14.6. The minimum Gasteiger partial charge on any atom is -0.478 e. The van der Waals surface area contributed by atoms with Crippen LogP contribution in [0, 0.1) is 0 Å². The van der Waals surface area contributed by atoms with Crippen molar-refractivity contribution in [1.82, 2.24) is 0 Å². The summed E-state index contributed by atoms with van der Waals surface area (Å²) in [5.41, 5.74) is 4.13. The third-order valence-electron chi connectivity index (χ3n) is 4.74. The first kappa shape index (κ1) is 20.6. The average Bonchev–Trinajstić information content (AvgIpc) is 2.63. The molecule has 0 aliphatic carbocycles. The molecule has 0 spiro atoms. The van der Waals surface area contributed by atoms with Gasteiger partial charge in [0.25, 0.3) is 0 Å². The van der Waals surface area contributed by atoms with E-state index < -0.39 is 11.8 Å². The summed E-state index contributed by atoms with van der Waals surface area (Å²) >= 11 is 0. The Labute approximate surface area is 159 Å². The van der Waals surface area contributed by atoms with Crippen molar-refractivity contribution >= 4 is 23.5 Å². The molecule has 0 radical (unpaired) electrons. The number of benzene rings is 1. The lowest BCUT2D eigenvalue weighted by atomic mass is 9.92. The lowest BCUT2D eigenvalue weighted by Crippen LogP contribution is -2.36. The van der Waals surface area contributed by atoms with E-state index in [1.807, 2.05) is 6.07 Å². The van der Waals surface area contributed by atoms with E-state index in [0.717, 1.165) is 43.0 Å². The van der Waals surface area contributed by atoms with Crippen LogP contribution in [0.15, 0.2) is 41.8 Å². The fourth-order valence-corrected chi connectivity index (χ4v) is 3.34. The van der Waals surface area contributed by atoms with Gasteiger partial charge >= 0.3 is 5.97 Å². The van der Waals surface area contributed by atoms with E-state index in [-0.39, 0.29) is 6.04 Å². The number of carbonyl (C=O) groups excluding carboxylic acids is 1. The van der Waals surface area contributed by atoms with Gasteiger partial charge in [0.1, 0.15) is 5.83 Å². The van der Waals surface area contributed by atoms with E-state index in [9.17, 15) is 14.0 Å². The largest absolute Gasteiger partial charge is 0.478 e. The van der Waals surface area contributed by atoms with E-state index in [0.29, 0.717) is 22.3 Å². The van der Waals surface area contributed by atoms with Crippen LogP contribution in [-0.4, -0.2) is 29.9 Å². The minimum atomic E-state index is -1.07. The van der Waals surface area contributed by atoms with Gasteiger partial charge in [-0.2, -0.15) is 0 Å². The summed E-state index contributed by atoms with van der Waals surface area (Å²) in [5, 5.41) is 8.71. The first-order valence-corrected chi connectivity index (χ1v) is 9.09. The number of carboxylic acids is 1. The summed E-state index contributed by atoms with van der Waals surface area (Å²) in [5.74, 6) is -1.53. The zero-order chi connectivity index (χ0) is 20.1. The van der Waals surface area contributed by atoms with Crippen LogP contribution in [0.3, 0.4) is 0 Å². The van der Waals surface area contributed by atoms with Gasteiger partial charge in [-0.15, -0.1) is 0 Å². The van der Waals surface area contributed by atoms with Crippen LogP contribution >= 0.6 is 0 Å². The summed E-state index contributed by atoms with van der Waals surface area (Å²) in [6, 6.07) is 3.98. The first-order valence-electron chi connectivity index (χ1n) is 9.09. The fourth-order valence-electron chi connectivity index (χ4n) is 3.34. The monoisotopic (exact) mass is 371 g/mol. The highest BCUT2D eigenvalue weighted by molar-refractivity contribution is 5.89. The molecule has 0 saturated heterocycles. The van der Waals surface area contributed by atoms with Crippen LogP contribution in [0.2, 0.25) is 0 Å². The number of halogens is 1. The highest BCUT2D eigenvalue weighted by Gasteiger charge is 2.23. The number of carbonyl (C=O) groups is 2. The maximum Gasteiger partial charge on any atom is 0.328 e. The molecule has 0 amide bonds. The zero-order valence-electron chi connectivity index (χ0n) is 16.3. The summed E-state index contributed by atoms with van der Waals surface area (Å²) in [7, 11) is 0. The van der Waals surface area contributed by atoms with Gasteiger partial charge in [-0.05, 0) is 81.0 Å². The fraction of sp³-hybridized carbons (Fsp3) is 0.364. The minimum absolute atomic E-state index is 0.286. The average molecular weight is 371 g/mol. The van der Waals surface area contributed by atoms with Gasteiger partial charge in [-0.1, -0.05) is 6.08 Å². The molecule has 1 aliphatic heterocycles. The molecule has 144 valence electrons. The Kier molecular flexibility index (Phi) is 6.72. The molecule has 1 heterocycles. The molecular formula is C22H26FNO3. The number of aliphatic carboxylic acids is 1. The van der Waals surface area contributed by atoms with Gasteiger partial charge in [0.2, 0.25) is 0 Å². The van der Waals surface area contributed by atoms with Gasteiger partial charge in [0, 0.05) is 24.2 Å². The number of hydrogen-bond donors (Lipinski definition) is 1. The van der Waals surface area contributed by atoms with Crippen LogP contribution in [0.4, 0.5) is 10.1 Å². The van der Waals surface area contributed by atoms with Crippen LogP contribution in [0.1, 0.15) is 55.6 Å². The van der Waals surface area contributed by atoms with Crippen molar-refractivity contribution in [3.63, 3.8) is 0 Å². The topological polar surface area (TPSA) is 57.6 Å². The predicted octanol–water partition coefficient (Wildman–Crippen LogP) is 4.95. The van der Waals surface area contributed by atoms with Crippen molar-refractivity contribution in [2.75, 3.05) is 11.4 Å². The van der Waals surface area contributed by atoms with Crippen LogP contribution < -0.4 is 4.90 Å². The number of fused-ring (bicyclic) bond motifs is 1. The molecule has 1 aromatic carbocycles. The van der Waals surface area contributed by atoms with E-state index in [1.165, 1.54) is 12.2 Å². The van der Waals surface area contributed by atoms with Crippen molar-refractivity contribution in [2.24, 2.45) is 0 Å². The Morgan fingerprint density at radius 1 is 1.26 bits per heavy atom. The Bertz CT molecular complexity index is 834. The Hall–Kier alpha value is -2.69. The standard InChI is InChI=1S/C22H26FNO3/c1-14(2)24-9-5-6-17-11-18(12-19(13-25)22(17)24)16(4)20(23)8-7-15(3)10-21(26)27/h7-8,10-14H,5-6,9H2,1-4H3,(H,26,27)/b8-7+,15-10+,20-16+. The first-order chi connectivity index (χ1) is 12.7. The SMILES string of the molecule is CC(/C=C/C(F)=C(/C)c1cc(C=O)c2c(c1)CCCN2C(C)C)=C\C(=O)O. The number of aldehydes is 1. The van der Waals surface area contributed by atoms with Gasteiger partial charge in [0.05, 0.1) is 5.69 Å². The predicted molar refractivity (Wildman–Crippen MR) is 107 cm³/mol. The molecule has 5 heteroatoms. The number of anilines is 1. The van der Waals surface area contributed by atoms with E-state index >= 15 is 0 Å². The second-order valence-corrected chi connectivity index (χ2v) is 7.11. The highest BCUT2D eigenvalue weighted by Crippen LogP contribution is 2.35. The van der Waals surface area contributed by atoms with Gasteiger partial charge in [-0.25, -0.2) is 9.18 Å². The molecule has 0 aromatic heterocycles. The van der Waals surface area contributed by atoms with Crippen LogP contribution in [0.25, 0.3) is 5.57 Å². The van der Waals surface area contributed by atoms with E-state index in [2.05, 4.69) is 18.7 Å². The quantitative estimate of drug-likeness (QED) is 0.437. The molecule has 0 atom stereocenters. The molecule has 1 aromatic rings. The summed E-state index contributed by atoms with van der Waals surface area (Å²) < 4.78 is 14.6. The number of carboxylic acid groups (broad SMARTS) is 1. The molecule has 27 heavy (non-hydrogen) atoms. The third-order valence-corrected chi connectivity index (χ3v) is 4.74. The molecular weight excluding hydrogens is 345 g/mol. The molecule has 0 bridgehead atoms. The Morgan fingerprint density at radius 2 is 1.96 bits per heavy atom. The second kappa shape index (κ2) is 8.80. The van der Waals surface area contributed by atoms with Crippen LogP contribution in [0.5, 0.6) is 0 Å². The number of nitrogens with zero attached hydrogens (tertiary/aromatic N) is 1. The summed E-state index contributed by atoms with van der Waals surface area (Å²) in [4.78, 5) is 24.6. The highest BCUT2D eigenvalue weighted by atomic mass is 19.1. The number of allylic oxidation sites excluding steroid dienone is 5. The molecule has 0 saturated carbocycles. The molecule has 1 aliphatic rings. The van der Waals surface area contributed by atoms with Gasteiger partial charge in [0.15, 0.2) is 6.29 Å². The van der Waals surface area contributed by atoms with Crippen molar-refractivity contribution in [3.8, 4) is 0 Å². The van der Waals surface area contributed by atoms with Crippen LogP contribution in [-0.2, 0) is 11.2 Å². The van der Waals surface area contributed by atoms with Gasteiger partial charge in [-0.3, -0.25) is 4.79 Å². The molecule has 4 nitrogen and oxygen atoms in total. The molecule has 2 rings (SSSR count). The smallest absolute Gasteiger partial charge is 0.328 e. The second-order valence-electron chi connectivity index (χ2n) is 7.11. The summed E-state index contributed by atoms with van der Waals surface area (Å²) in [6.45, 7) is 8.36. The lowest BCUT2D eigenvalue weighted by Gasteiger charge is -2.36. The zero-order valence-corrected chi connectivity index (χ0v) is 16.3. The van der Waals surface area contributed by atoms with Crippen molar-refractivity contribution in [2.45, 2.75) is 46.6 Å². The Balaban J connectivity index is 2.45. The van der Waals surface area contributed by atoms with Crippen molar-refractivity contribution < 1.29 is 19.1 Å². The molecule has 0 unspecified atom stereocenters. The van der Waals surface area contributed by atoms with Crippen molar-refractivity contribution in [1.29, 1.82) is 0 Å². The lowest BCUT2D eigenvalue weighted by molar-refractivity contribution is -0.131. The molecule has 1 N–H and O–H groups in total. The number of rotatable bonds is 6. The number of aryl methyl sites for hydroxylation is 1. The third kappa shape index (κ3) is 4.94. The molecule has 0 fully saturated rings.